The van der Waals surface area contributed by atoms with Gasteiger partial charge in [0, 0.05) is 50.7 Å². The lowest BCUT2D eigenvalue weighted by Gasteiger charge is -2.32. The maximum atomic E-state index is 12.9. The van der Waals surface area contributed by atoms with Gasteiger partial charge in [0.15, 0.2) is 0 Å². The topological polar surface area (TPSA) is 49.7 Å². The molecule has 1 N–H and O–H groups in total. The maximum absolute atomic E-state index is 12.9. The van der Waals surface area contributed by atoms with Gasteiger partial charge in [0.25, 0.3) is 5.91 Å². The first-order valence-electron chi connectivity index (χ1n) is 12.7. The highest BCUT2D eigenvalue weighted by Crippen LogP contribution is 2.40. The molecule has 0 bridgehead atoms. The molecule has 2 aromatic carbocycles. The molecule has 10 heteroatoms. The first-order chi connectivity index (χ1) is 18.2. The van der Waals surface area contributed by atoms with Gasteiger partial charge in [-0.05, 0) is 48.4 Å². The third-order valence-electron chi connectivity index (χ3n) is 7.18. The summed E-state index contributed by atoms with van der Waals surface area (Å²) in [7, 11) is 2.13. The summed E-state index contributed by atoms with van der Waals surface area (Å²) in [5, 5.41) is 2.92. The number of rotatable bonds is 7. The van der Waals surface area contributed by atoms with E-state index in [1.165, 1.54) is 23.8 Å². The Kier molecular flexibility index (Phi) is 7.70. The van der Waals surface area contributed by atoms with Crippen LogP contribution in [-0.4, -0.2) is 72.3 Å². The van der Waals surface area contributed by atoms with Gasteiger partial charge in [0.2, 0.25) is 0 Å². The number of hydrogen-bond acceptors (Lipinski definition) is 4. The van der Waals surface area contributed by atoms with Gasteiger partial charge >= 0.3 is 6.36 Å². The highest BCUT2D eigenvalue weighted by atomic mass is 35.5. The Bertz CT molecular complexity index is 1280. The van der Waals surface area contributed by atoms with Crippen LogP contribution in [0.15, 0.2) is 54.6 Å². The maximum Gasteiger partial charge on any atom is 0.573 e. The van der Waals surface area contributed by atoms with E-state index >= 15 is 0 Å². The summed E-state index contributed by atoms with van der Waals surface area (Å²) in [5.74, 6) is -0.127. The molecule has 0 radical (unpaired) electrons. The van der Waals surface area contributed by atoms with Crippen molar-refractivity contribution < 1.29 is 22.7 Å². The summed E-state index contributed by atoms with van der Waals surface area (Å²) >= 11 is 6.11. The zero-order valence-corrected chi connectivity index (χ0v) is 21.9. The number of likely N-dealkylation sites (N-methyl/N-ethyl adjacent to an activating group) is 1. The van der Waals surface area contributed by atoms with Crippen LogP contribution in [0.2, 0.25) is 0 Å². The fourth-order valence-electron chi connectivity index (χ4n) is 5.24. The summed E-state index contributed by atoms with van der Waals surface area (Å²) in [6.07, 6.45) is -4.17. The quantitative estimate of drug-likeness (QED) is 0.404. The largest absolute Gasteiger partial charge is 0.573 e. The lowest BCUT2D eigenvalue weighted by atomic mass is 9.99. The highest BCUT2D eigenvalue weighted by molar-refractivity contribution is 6.17. The molecule has 2 aliphatic rings. The number of ether oxygens (including phenoxy) is 1. The predicted octanol–water partition coefficient (Wildman–Crippen LogP) is 5.38. The average molecular weight is 547 g/mol. The minimum absolute atomic E-state index is 0.0800. The first-order valence-corrected chi connectivity index (χ1v) is 13.2. The standard InChI is InChI=1S/C28H30ClF3N4O2/c1-34-11-13-35(14-12-34)18-19-5-7-20(8-6-19)26-24(21-3-2-4-23(15-21)38-28(30,31)32)16-25-27(37)33-17-22(9-10-29)36(25)26/h2-8,15-16,22H,9-14,17-18H2,1H3,(H,33,37). The van der Waals surface area contributed by atoms with Crippen molar-refractivity contribution in [3.63, 3.8) is 0 Å². The van der Waals surface area contributed by atoms with Gasteiger partial charge < -0.3 is 19.5 Å². The van der Waals surface area contributed by atoms with Gasteiger partial charge in [0.05, 0.1) is 11.7 Å². The number of nitrogens with one attached hydrogen (secondary N) is 1. The lowest BCUT2D eigenvalue weighted by Crippen LogP contribution is -2.43. The van der Waals surface area contributed by atoms with Crippen molar-refractivity contribution in [3.8, 4) is 28.1 Å². The van der Waals surface area contributed by atoms with E-state index in [9.17, 15) is 18.0 Å². The second-order valence-electron chi connectivity index (χ2n) is 9.86. The second kappa shape index (κ2) is 11.0. The van der Waals surface area contributed by atoms with E-state index < -0.39 is 6.36 Å². The number of aromatic nitrogens is 1. The van der Waals surface area contributed by atoms with Crippen molar-refractivity contribution in [2.45, 2.75) is 25.4 Å². The highest BCUT2D eigenvalue weighted by Gasteiger charge is 2.33. The van der Waals surface area contributed by atoms with E-state index in [-0.39, 0.29) is 17.7 Å². The first kappa shape index (κ1) is 26.6. The van der Waals surface area contributed by atoms with Crippen LogP contribution < -0.4 is 10.1 Å². The fraction of sp³-hybridized carbons (Fsp3) is 0.393. The summed E-state index contributed by atoms with van der Waals surface area (Å²) in [6.45, 7) is 5.39. The third-order valence-corrected chi connectivity index (χ3v) is 7.40. The number of carbonyl (C=O) groups is 1. The van der Waals surface area contributed by atoms with E-state index in [1.807, 2.05) is 16.7 Å². The van der Waals surface area contributed by atoms with Gasteiger partial charge in [-0.1, -0.05) is 36.4 Å². The number of fused-ring (bicyclic) bond motifs is 1. The van der Waals surface area contributed by atoms with Gasteiger partial charge in [-0.3, -0.25) is 9.69 Å². The van der Waals surface area contributed by atoms with Crippen LogP contribution in [0.4, 0.5) is 13.2 Å². The van der Waals surface area contributed by atoms with E-state index in [0.717, 1.165) is 44.0 Å². The zero-order valence-electron chi connectivity index (χ0n) is 21.1. The molecule has 2 aliphatic heterocycles. The smallest absolute Gasteiger partial charge is 0.406 e. The van der Waals surface area contributed by atoms with Crippen LogP contribution in [0.1, 0.15) is 28.5 Å². The van der Waals surface area contributed by atoms with Crippen molar-refractivity contribution >= 4 is 17.5 Å². The van der Waals surface area contributed by atoms with Crippen LogP contribution in [0.5, 0.6) is 5.75 Å². The van der Waals surface area contributed by atoms with Crippen molar-refractivity contribution in [2.24, 2.45) is 0 Å². The van der Waals surface area contributed by atoms with Gasteiger partial charge in [-0.15, -0.1) is 24.8 Å². The number of piperazine rings is 1. The molecule has 6 nitrogen and oxygen atoms in total. The molecule has 1 amide bonds. The molecule has 1 aromatic heterocycles. The Morgan fingerprint density at radius 3 is 2.45 bits per heavy atom. The van der Waals surface area contributed by atoms with E-state index in [1.54, 1.807) is 12.1 Å². The van der Waals surface area contributed by atoms with Crippen molar-refractivity contribution in [3.05, 3.63) is 65.9 Å². The monoisotopic (exact) mass is 546 g/mol. The molecule has 0 spiro atoms. The Labute approximate surface area is 224 Å². The van der Waals surface area contributed by atoms with Crippen LogP contribution >= 0.6 is 11.6 Å². The van der Waals surface area contributed by atoms with Crippen molar-refractivity contribution in [2.75, 3.05) is 45.7 Å². The summed E-state index contributed by atoms with van der Waals surface area (Å²) in [4.78, 5) is 17.6. The summed E-state index contributed by atoms with van der Waals surface area (Å²) in [5.41, 5.74) is 4.49. The van der Waals surface area contributed by atoms with Gasteiger partial charge in [-0.25, -0.2) is 0 Å². The van der Waals surface area contributed by atoms with E-state index in [0.29, 0.717) is 35.7 Å². The molecular formula is C28H30ClF3N4O2. The molecule has 1 unspecified atom stereocenters. The molecule has 202 valence electrons. The predicted molar refractivity (Wildman–Crippen MR) is 141 cm³/mol. The fourth-order valence-corrected chi connectivity index (χ4v) is 5.49. The number of carbonyl (C=O) groups excluding carboxylic acids is 1. The summed E-state index contributed by atoms with van der Waals surface area (Å²) in [6, 6.07) is 15.8. The molecule has 1 fully saturated rings. The van der Waals surface area contributed by atoms with E-state index in [4.69, 9.17) is 11.6 Å². The Morgan fingerprint density at radius 2 is 1.76 bits per heavy atom. The molecule has 3 aromatic rings. The average Bonchev–Trinajstić information content (AvgIpc) is 3.29. The van der Waals surface area contributed by atoms with E-state index in [2.05, 4.69) is 39.0 Å². The number of alkyl halides is 4. The third kappa shape index (κ3) is 5.85. The molecule has 0 saturated carbocycles. The number of halogens is 4. The van der Waals surface area contributed by atoms with Crippen LogP contribution in [0.25, 0.3) is 22.4 Å². The molecule has 3 heterocycles. The summed E-state index contributed by atoms with van der Waals surface area (Å²) < 4.78 is 44.9. The van der Waals surface area contributed by atoms with Crippen LogP contribution in [-0.2, 0) is 6.54 Å². The molecular weight excluding hydrogens is 517 g/mol. The molecule has 1 saturated heterocycles. The number of hydrogen-bond donors (Lipinski definition) is 1. The minimum atomic E-state index is -4.80. The lowest BCUT2D eigenvalue weighted by molar-refractivity contribution is -0.274. The Balaban J connectivity index is 1.55. The van der Waals surface area contributed by atoms with Crippen LogP contribution in [0.3, 0.4) is 0 Å². The van der Waals surface area contributed by atoms with Crippen molar-refractivity contribution in [1.29, 1.82) is 0 Å². The Hall–Kier alpha value is -3.01. The van der Waals surface area contributed by atoms with Gasteiger partial charge in [-0.2, -0.15) is 0 Å². The molecule has 0 aliphatic carbocycles. The molecule has 1 atom stereocenters. The van der Waals surface area contributed by atoms with Crippen molar-refractivity contribution in [1.82, 2.24) is 19.7 Å². The molecule has 38 heavy (non-hydrogen) atoms. The molecule has 5 rings (SSSR count). The number of benzene rings is 2. The zero-order chi connectivity index (χ0) is 26.9. The Morgan fingerprint density at radius 1 is 1.03 bits per heavy atom. The normalized spacial score (nSPS) is 18.8. The minimum Gasteiger partial charge on any atom is -0.406 e. The SMILES string of the molecule is CN1CCN(Cc2ccc(-c3c(-c4cccc(OC(F)(F)F)c4)cc4n3C(CCCl)CNC4=O)cc2)CC1. The van der Waals surface area contributed by atoms with Crippen LogP contribution in [0, 0.1) is 0 Å². The number of nitrogens with zero attached hydrogens (tertiary/aromatic N) is 3. The number of amides is 1. The second-order valence-corrected chi connectivity index (χ2v) is 10.2. The van der Waals surface area contributed by atoms with Gasteiger partial charge in [0.1, 0.15) is 11.4 Å².